The molecule has 0 spiro atoms. The third-order valence-corrected chi connectivity index (χ3v) is 5.87. The maximum absolute atomic E-state index is 12.6. The van der Waals surface area contributed by atoms with Crippen molar-refractivity contribution in [2.24, 2.45) is 11.8 Å². The second-order valence-electron chi connectivity index (χ2n) is 7.53. The normalized spacial score (nSPS) is 41.0. The first-order chi connectivity index (χ1) is 9.65. The molecular weight excluding hydrogens is 250 g/mol. The van der Waals surface area contributed by atoms with Gasteiger partial charge in [-0.15, -0.1) is 0 Å². The van der Waals surface area contributed by atoms with E-state index in [1.54, 1.807) is 0 Å². The van der Waals surface area contributed by atoms with Gasteiger partial charge >= 0.3 is 0 Å². The van der Waals surface area contributed by atoms with Crippen LogP contribution in [0.1, 0.15) is 39.5 Å². The highest BCUT2D eigenvalue weighted by atomic mass is 16.2. The maximum Gasteiger partial charge on any atom is 0.241 e. The molecule has 20 heavy (non-hydrogen) atoms. The number of hydrogen-bond acceptors (Lipinski definition) is 3. The fourth-order valence-corrected chi connectivity index (χ4v) is 4.50. The van der Waals surface area contributed by atoms with Gasteiger partial charge in [-0.1, -0.05) is 0 Å². The molecule has 4 nitrogen and oxygen atoms in total. The minimum absolute atomic E-state index is 0.168. The van der Waals surface area contributed by atoms with Gasteiger partial charge < -0.3 is 4.90 Å². The van der Waals surface area contributed by atoms with Gasteiger partial charge in [0.1, 0.15) is 6.04 Å². The lowest BCUT2D eigenvalue weighted by atomic mass is 9.92. The largest absolute Gasteiger partial charge is 0.341 e. The molecule has 2 unspecified atom stereocenters. The number of fused-ring (bicyclic) bond motifs is 1. The third-order valence-electron chi connectivity index (χ3n) is 5.87. The van der Waals surface area contributed by atoms with Crippen molar-refractivity contribution in [3.8, 4) is 0 Å². The van der Waals surface area contributed by atoms with E-state index in [1.165, 1.54) is 32.2 Å². The molecule has 0 bridgehead atoms. The van der Waals surface area contributed by atoms with Crippen molar-refractivity contribution in [1.29, 1.82) is 0 Å². The van der Waals surface area contributed by atoms with Crippen LogP contribution in [0.5, 0.6) is 0 Å². The van der Waals surface area contributed by atoms with Crippen molar-refractivity contribution in [3.05, 3.63) is 0 Å². The summed E-state index contributed by atoms with van der Waals surface area (Å²) in [6, 6.07) is 2.07. The van der Waals surface area contributed by atoms with E-state index >= 15 is 0 Å². The molecule has 3 aliphatic heterocycles. The molecule has 3 heterocycles. The van der Waals surface area contributed by atoms with Crippen molar-refractivity contribution < 1.29 is 4.79 Å². The molecule has 1 N–H and O–H groups in total. The fraction of sp³-hybridized carbons (Fsp3) is 0.938. The van der Waals surface area contributed by atoms with E-state index in [0.717, 1.165) is 25.0 Å². The predicted octanol–water partition coefficient (Wildman–Crippen LogP) is 1.07. The number of hydrogen-bond donors (Lipinski definition) is 1. The molecule has 4 heteroatoms. The zero-order valence-corrected chi connectivity index (χ0v) is 12.7. The molecule has 4 aliphatic rings. The van der Waals surface area contributed by atoms with Crippen molar-refractivity contribution in [1.82, 2.24) is 15.1 Å². The van der Waals surface area contributed by atoms with Gasteiger partial charge in [-0.3, -0.25) is 15.0 Å². The molecule has 112 valence electrons. The summed E-state index contributed by atoms with van der Waals surface area (Å²) < 4.78 is 0. The van der Waals surface area contributed by atoms with Crippen molar-refractivity contribution in [2.75, 3.05) is 19.6 Å². The SMILES string of the molecule is CC(C)N1CCC2CN(C(=O)[C@@H]3N[C@H]3C3CC3)CCC21. The summed E-state index contributed by atoms with van der Waals surface area (Å²) >= 11 is 0. The Morgan fingerprint density at radius 3 is 2.60 bits per heavy atom. The lowest BCUT2D eigenvalue weighted by Crippen LogP contribution is -2.50. The molecule has 0 aromatic carbocycles. The van der Waals surface area contributed by atoms with E-state index in [4.69, 9.17) is 0 Å². The van der Waals surface area contributed by atoms with Crippen LogP contribution in [0.4, 0.5) is 0 Å². The summed E-state index contributed by atoms with van der Waals surface area (Å²) in [7, 11) is 0. The molecule has 3 saturated heterocycles. The van der Waals surface area contributed by atoms with Crippen molar-refractivity contribution in [3.63, 3.8) is 0 Å². The summed E-state index contributed by atoms with van der Waals surface area (Å²) in [6.07, 6.45) is 5.11. The Balaban J connectivity index is 1.35. The fourth-order valence-electron chi connectivity index (χ4n) is 4.50. The van der Waals surface area contributed by atoms with Crippen LogP contribution >= 0.6 is 0 Å². The van der Waals surface area contributed by atoms with Crippen LogP contribution in [0.25, 0.3) is 0 Å². The smallest absolute Gasteiger partial charge is 0.241 e. The molecule has 1 amide bonds. The molecule has 0 aromatic rings. The quantitative estimate of drug-likeness (QED) is 0.785. The van der Waals surface area contributed by atoms with E-state index in [-0.39, 0.29) is 6.04 Å². The zero-order chi connectivity index (χ0) is 13.9. The van der Waals surface area contributed by atoms with E-state index in [1.807, 2.05) is 0 Å². The van der Waals surface area contributed by atoms with Crippen LogP contribution in [0, 0.1) is 11.8 Å². The van der Waals surface area contributed by atoms with Crippen LogP contribution < -0.4 is 5.32 Å². The molecule has 1 saturated carbocycles. The van der Waals surface area contributed by atoms with Gasteiger partial charge in [0.15, 0.2) is 0 Å². The van der Waals surface area contributed by atoms with E-state index < -0.39 is 0 Å². The highest BCUT2D eigenvalue weighted by molar-refractivity contribution is 5.86. The molecular formula is C16H27N3O. The van der Waals surface area contributed by atoms with Gasteiger partial charge in [0.2, 0.25) is 5.91 Å². The number of carbonyl (C=O) groups is 1. The third kappa shape index (κ3) is 2.17. The predicted molar refractivity (Wildman–Crippen MR) is 78.4 cm³/mol. The highest BCUT2D eigenvalue weighted by Crippen LogP contribution is 2.41. The summed E-state index contributed by atoms with van der Waals surface area (Å²) in [6.45, 7) is 7.80. The van der Waals surface area contributed by atoms with Crippen LogP contribution in [-0.2, 0) is 4.79 Å². The Morgan fingerprint density at radius 2 is 1.90 bits per heavy atom. The Labute approximate surface area is 121 Å². The summed E-state index contributed by atoms with van der Waals surface area (Å²) in [5.41, 5.74) is 0. The van der Waals surface area contributed by atoms with E-state index in [2.05, 4.69) is 29.0 Å². The topological polar surface area (TPSA) is 45.5 Å². The van der Waals surface area contributed by atoms with E-state index in [0.29, 0.717) is 23.9 Å². The molecule has 0 radical (unpaired) electrons. The number of carbonyl (C=O) groups excluding carboxylic acids is 1. The number of nitrogens with one attached hydrogen (secondary N) is 1. The Morgan fingerprint density at radius 1 is 1.10 bits per heavy atom. The average Bonchev–Trinajstić information content (AvgIpc) is 3.30. The first-order valence-corrected chi connectivity index (χ1v) is 8.45. The molecule has 4 atom stereocenters. The van der Waals surface area contributed by atoms with Crippen molar-refractivity contribution >= 4 is 5.91 Å². The van der Waals surface area contributed by atoms with Gasteiger partial charge in [0.05, 0.1) is 0 Å². The van der Waals surface area contributed by atoms with Crippen LogP contribution in [-0.4, -0.2) is 59.5 Å². The standard InChI is InChI=1S/C16H27N3O/c1-10(2)19-8-5-12-9-18(7-6-13(12)19)16(20)15-14(17-15)11-3-4-11/h10-15,17H,3-9H2,1-2H3/t12?,13?,14-,15+/m0/s1. The number of likely N-dealkylation sites (tertiary alicyclic amines) is 2. The number of piperidine rings is 1. The zero-order valence-electron chi connectivity index (χ0n) is 12.7. The highest BCUT2D eigenvalue weighted by Gasteiger charge is 2.53. The minimum Gasteiger partial charge on any atom is -0.341 e. The molecule has 4 fully saturated rings. The van der Waals surface area contributed by atoms with Crippen LogP contribution in [0.15, 0.2) is 0 Å². The summed E-state index contributed by atoms with van der Waals surface area (Å²) in [5, 5.41) is 3.41. The van der Waals surface area contributed by atoms with Gasteiger partial charge in [-0.05, 0) is 57.9 Å². The average molecular weight is 277 g/mol. The van der Waals surface area contributed by atoms with Crippen LogP contribution in [0.3, 0.4) is 0 Å². The number of amides is 1. The Bertz CT molecular complexity index is 407. The van der Waals surface area contributed by atoms with Gasteiger partial charge in [0, 0.05) is 31.2 Å². The van der Waals surface area contributed by atoms with Crippen molar-refractivity contribution in [2.45, 2.75) is 63.7 Å². The second kappa shape index (κ2) is 4.70. The first-order valence-electron chi connectivity index (χ1n) is 8.45. The lowest BCUT2D eigenvalue weighted by molar-refractivity contribution is -0.133. The van der Waals surface area contributed by atoms with Gasteiger partial charge in [-0.2, -0.15) is 0 Å². The van der Waals surface area contributed by atoms with E-state index in [9.17, 15) is 4.79 Å². The molecule has 4 rings (SSSR count). The number of nitrogens with zero attached hydrogens (tertiary/aromatic N) is 2. The van der Waals surface area contributed by atoms with Gasteiger partial charge in [0.25, 0.3) is 0 Å². The second-order valence-corrected chi connectivity index (χ2v) is 7.53. The lowest BCUT2D eigenvalue weighted by Gasteiger charge is -2.39. The Hall–Kier alpha value is -0.610. The van der Waals surface area contributed by atoms with Crippen LogP contribution in [0.2, 0.25) is 0 Å². The Kier molecular flexibility index (Phi) is 3.08. The number of rotatable bonds is 3. The molecule has 0 aromatic heterocycles. The monoisotopic (exact) mass is 277 g/mol. The minimum atomic E-state index is 0.168. The summed E-state index contributed by atoms with van der Waals surface area (Å²) in [5.74, 6) is 1.92. The first kappa shape index (κ1) is 13.1. The maximum atomic E-state index is 12.6. The van der Waals surface area contributed by atoms with Gasteiger partial charge in [-0.25, -0.2) is 0 Å². The summed E-state index contributed by atoms with van der Waals surface area (Å²) in [4.78, 5) is 17.4. The molecule has 1 aliphatic carbocycles.